The van der Waals surface area contributed by atoms with Gasteiger partial charge in [0.2, 0.25) is 0 Å². The standard InChI is InChI=1S/C10H12FNO2/c1-6(14)10(12)8-4-7(5-13)2-3-9(8)11/h2-4,10,13H,5,12H2,1H3. The molecule has 1 unspecified atom stereocenters. The van der Waals surface area contributed by atoms with Gasteiger partial charge in [-0.05, 0) is 24.6 Å². The number of aliphatic hydroxyl groups excluding tert-OH is 1. The van der Waals surface area contributed by atoms with E-state index in [1.165, 1.54) is 25.1 Å². The zero-order valence-electron chi connectivity index (χ0n) is 7.83. The summed E-state index contributed by atoms with van der Waals surface area (Å²) in [5, 5.41) is 8.83. The van der Waals surface area contributed by atoms with Crippen LogP contribution in [0, 0.1) is 5.82 Å². The van der Waals surface area contributed by atoms with Gasteiger partial charge < -0.3 is 10.8 Å². The number of carbonyl (C=O) groups is 1. The second-order valence-corrected chi connectivity index (χ2v) is 3.10. The van der Waals surface area contributed by atoms with Crippen molar-refractivity contribution in [3.63, 3.8) is 0 Å². The summed E-state index contributed by atoms with van der Waals surface area (Å²) in [5.41, 5.74) is 6.16. The van der Waals surface area contributed by atoms with Crippen LogP contribution in [-0.2, 0) is 11.4 Å². The highest BCUT2D eigenvalue weighted by molar-refractivity contribution is 5.82. The molecular weight excluding hydrogens is 185 g/mol. The van der Waals surface area contributed by atoms with E-state index < -0.39 is 11.9 Å². The van der Waals surface area contributed by atoms with Gasteiger partial charge in [-0.3, -0.25) is 4.79 Å². The number of Topliss-reactive ketones (excluding diaryl/α,β-unsaturated/α-hetero) is 1. The third-order valence-corrected chi connectivity index (χ3v) is 2.02. The third-order valence-electron chi connectivity index (χ3n) is 2.02. The van der Waals surface area contributed by atoms with Crippen molar-refractivity contribution in [1.29, 1.82) is 0 Å². The Morgan fingerprint density at radius 1 is 1.64 bits per heavy atom. The van der Waals surface area contributed by atoms with E-state index in [0.29, 0.717) is 5.56 Å². The van der Waals surface area contributed by atoms with Gasteiger partial charge >= 0.3 is 0 Å². The minimum absolute atomic E-state index is 0.129. The maximum atomic E-state index is 13.2. The molecule has 0 saturated carbocycles. The van der Waals surface area contributed by atoms with Crippen molar-refractivity contribution in [2.24, 2.45) is 5.73 Å². The van der Waals surface area contributed by atoms with Crippen molar-refractivity contribution in [1.82, 2.24) is 0 Å². The molecule has 0 fully saturated rings. The van der Waals surface area contributed by atoms with E-state index in [1.54, 1.807) is 0 Å². The van der Waals surface area contributed by atoms with Crippen molar-refractivity contribution in [3.05, 3.63) is 35.1 Å². The summed E-state index contributed by atoms with van der Waals surface area (Å²) < 4.78 is 13.2. The van der Waals surface area contributed by atoms with Crippen LogP contribution in [0.3, 0.4) is 0 Å². The molecule has 0 spiro atoms. The largest absolute Gasteiger partial charge is 0.392 e. The predicted molar refractivity (Wildman–Crippen MR) is 49.9 cm³/mol. The second-order valence-electron chi connectivity index (χ2n) is 3.10. The van der Waals surface area contributed by atoms with Crippen LogP contribution in [0.5, 0.6) is 0 Å². The van der Waals surface area contributed by atoms with Gasteiger partial charge in [0, 0.05) is 5.56 Å². The molecule has 0 aliphatic carbocycles. The van der Waals surface area contributed by atoms with Crippen molar-refractivity contribution >= 4 is 5.78 Å². The monoisotopic (exact) mass is 197 g/mol. The van der Waals surface area contributed by atoms with E-state index in [1.807, 2.05) is 0 Å². The zero-order chi connectivity index (χ0) is 10.7. The maximum absolute atomic E-state index is 13.2. The maximum Gasteiger partial charge on any atom is 0.151 e. The molecule has 0 radical (unpaired) electrons. The smallest absolute Gasteiger partial charge is 0.151 e. The lowest BCUT2D eigenvalue weighted by Gasteiger charge is -2.10. The quantitative estimate of drug-likeness (QED) is 0.756. The number of halogens is 1. The highest BCUT2D eigenvalue weighted by Crippen LogP contribution is 2.17. The highest BCUT2D eigenvalue weighted by atomic mass is 19.1. The first kappa shape index (κ1) is 10.8. The molecule has 1 aromatic carbocycles. The number of ketones is 1. The highest BCUT2D eigenvalue weighted by Gasteiger charge is 2.15. The number of hydrogen-bond acceptors (Lipinski definition) is 3. The minimum atomic E-state index is -0.957. The Balaban J connectivity index is 3.11. The Kier molecular flexibility index (Phi) is 3.33. The Morgan fingerprint density at radius 3 is 2.79 bits per heavy atom. The number of nitrogens with two attached hydrogens (primary N) is 1. The molecule has 0 aliphatic rings. The summed E-state index contributed by atoms with van der Waals surface area (Å²) in [4.78, 5) is 10.9. The van der Waals surface area contributed by atoms with Crippen molar-refractivity contribution in [3.8, 4) is 0 Å². The van der Waals surface area contributed by atoms with Gasteiger partial charge in [-0.15, -0.1) is 0 Å². The zero-order valence-corrected chi connectivity index (χ0v) is 7.83. The lowest BCUT2D eigenvalue weighted by molar-refractivity contribution is -0.118. The summed E-state index contributed by atoms with van der Waals surface area (Å²) in [7, 11) is 0. The number of hydrogen-bond donors (Lipinski definition) is 2. The van der Waals surface area contributed by atoms with Crippen molar-refractivity contribution in [2.45, 2.75) is 19.6 Å². The summed E-state index contributed by atoms with van der Waals surface area (Å²) in [6, 6.07) is 3.10. The number of carbonyl (C=O) groups excluding carboxylic acids is 1. The van der Waals surface area contributed by atoms with E-state index in [-0.39, 0.29) is 18.0 Å². The fourth-order valence-corrected chi connectivity index (χ4v) is 1.15. The fourth-order valence-electron chi connectivity index (χ4n) is 1.15. The summed E-state index contributed by atoms with van der Waals surface area (Å²) in [5.74, 6) is -0.830. The summed E-state index contributed by atoms with van der Waals surface area (Å²) in [6.45, 7) is 1.10. The van der Waals surface area contributed by atoms with Crippen molar-refractivity contribution < 1.29 is 14.3 Å². The number of rotatable bonds is 3. The molecule has 1 aromatic rings. The van der Waals surface area contributed by atoms with Crippen LogP contribution >= 0.6 is 0 Å². The Morgan fingerprint density at radius 2 is 2.29 bits per heavy atom. The molecular formula is C10H12FNO2. The normalized spacial score (nSPS) is 12.6. The average Bonchev–Trinajstić information content (AvgIpc) is 2.17. The van der Waals surface area contributed by atoms with Crippen LogP contribution in [0.1, 0.15) is 24.1 Å². The van der Waals surface area contributed by atoms with E-state index >= 15 is 0 Å². The topological polar surface area (TPSA) is 63.3 Å². The molecule has 0 bridgehead atoms. The Bertz CT molecular complexity index is 352. The van der Waals surface area contributed by atoms with Crippen LogP contribution in [0.2, 0.25) is 0 Å². The fraction of sp³-hybridized carbons (Fsp3) is 0.300. The molecule has 3 nitrogen and oxygen atoms in total. The molecule has 0 aliphatic heterocycles. The molecule has 76 valence electrons. The Labute approximate surface area is 81.4 Å². The van der Waals surface area contributed by atoms with E-state index in [9.17, 15) is 9.18 Å². The lowest BCUT2D eigenvalue weighted by atomic mass is 10.0. The van der Waals surface area contributed by atoms with Gasteiger partial charge in [-0.1, -0.05) is 6.07 Å². The Hall–Kier alpha value is -1.26. The van der Waals surface area contributed by atoms with Gasteiger partial charge in [0.05, 0.1) is 12.6 Å². The molecule has 0 aromatic heterocycles. The van der Waals surface area contributed by atoms with Crippen LogP contribution in [0.15, 0.2) is 18.2 Å². The molecule has 1 rings (SSSR count). The van der Waals surface area contributed by atoms with Gasteiger partial charge in [0.25, 0.3) is 0 Å². The minimum Gasteiger partial charge on any atom is -0.392 e. The van der Waals surface area contributed by atoms with Crippen LogP contribution in [0.4, 0.5) is 4.39 Å². The van der Waals surface area contributed by atoms with Gasteiger partial charge in [0.15, 0.2) is 5.78 Å². The van der Waals surface area contributed by atoms with Crippen LogP contribution in [0.25, 0.3) is 0 Å². The molecule has 0 heterocycles. The molecule has 4 heteroatoms. The SMILES string of the molecule is CC(=O)C(N)c1cc(CO)ccc1F. The third kappa shape index (κ3) is 2.16. The first-order valence-electron chi connectivity index (χ1n) is 4.21. The molecule has 1 atom stereocenters. The molecule has 0 amide bonds. The average molecular weight is 197 g/mol. The molecule has 0 saturated heterocycles. The van der Waals surface area contributed by atoms with Crippen LogP contribution in [-0.4, -0.2) is 10.9 Å². The number of benzene rings is 1. The molecule has 3 N–H and O–H groups in total. The lowest BCUT2D eigenvalue weighted by Crippen LogP contribution is -2.20. The second kappa shape index (κ2) is 4.30. The summed E-state index contributed by atoms with van der Waals surface area (Å²) in [6.07, 6.45) is 0. The van der Waals surface area contributed by atoms with Crippen molar-refractivity contribution in [2.75, 3.05) is 0 Å². The van der Waals surface area contributed by atoms with Crippen LogP contribution < -0.4 is 5.73 Å². The summed E-state index contributed by atoms with van der Waals surface area (Å²) >= 11 is 0. The first-order chi connectivity index (χ1) is 6.56. The first-order valence-corrected chi connectivity index (χ1v) is 4.21. The van der Waals surface area contributed by atoms with E-state index in [4.69, 9.17) is 10.8 Å². The van der Waals surface area contributed by atoms with Gasteiger partial charge in [0.1, 0.15) is 5.82 Å². The number of aliphatic hydroxyl groups is 1. The molecule has 14 heavy (non-hydrogen) atoms. The van der Waals surface area contributed by atoms with E-state index in [2.05, 4.69) is 0 Å². The predicted octanol–water partition coefficient (Wildman–Crippen LogP) is 0.907. The van der Waals surface area contributed by atoms with Gasteiger partial charge in [-0.25, -0.2) is 4.39 Å². The van der Waals surface area contributed by atoms with E-state index in [0.717, 1.165) is 0 Å². The van der Waals surface area contributed by atoms with Gasteiger partial charge in [-0.2, -0.15) is 0 Å².